The summed E-state index contributed by atoms with van der Waals surface area (Å²) < 4.78 is 0. The van der Waals surface area contributed by atoms with Crippen LogP contribution in [0.1, 0.15) is 17.5 Å². The van der Waals surface area contributed by atoms with Crippen LogP contribution in [0.5, 0.6) is 0 Å². The van der Waals surface area contributed by atoms with Gasteiger partial charge in [0.25, 0.3) is 0 Å². The molecule has 0 radical (unpaired) electrons. The molecule has 1 aliphatic carbocycles. The third-order valence-electron chi connectivity index (χ3n) is 3.27. The zero-order chi connectivity index (χ0) is 11.7. The van der Waals surface area contributed by atoms with Crippen LogP contribution in [0.3, 0.4) is 0 Å². The van der Waals surface area contributed by atoms with Crippen molar-refractivity contribution in [2.75, 3.05) is 11.1 Å². The molecule has 2 aromatic rings. The second-order valence-corrected chi connectivity index (χ2v) is 4.59. The zero-order valence-corrected chi connectivity index (χ0v) is 9.74. The van der Waals surface area contributed by atoms with E-state index in [9.17, 15) is 0 Å². The highest BCUT2D eigenvalue weighted by molar-refractivity contribution is 5.64. The van der Waals surface area contributed by atoms with Crippen LogP contribution >= 0.6 is 0 Å². The highest BCUT2D eigenvalue weighted by atomic mass is 14.9. The molecule has 0 unspecified atom stereocenters. The minimum atomic E-state index is 0.788. The van der Waals surface area contributed by atoms with Gasteiger partial charge < -0.3 is 11.1 Å². The first-order chi connectivity index (χ1) is 8.31. The molecule has 0 spiro atoms. The number of hydrogen-bond acceptors (Lipinski definition) is 2. The van der Waals surface area contributed by atoms with Gasteiger partial charge in [-0.25, -0.2) is 0 Å². The van der Waals surface area contributed by atoms with Crippen molar-refractivity contribution < 1.29 is 0 Å². The Morgan fingerprint density at radius 2 is 1.71 bits per heavy atom. The van der Waals surface area contributed by atoms with Crippen LogP contribution in [0.4, 0.5) is 17.1 Å². The predicted molar refractivity (Wildman–Crippen MR) is 72.6 cm³/mol. The van der Waals surface area contributed by atoms with Crippen LogP contribution in [0, 0.1) is 0 Å². The minimum Gasteiger partial charge on any atom is -0.399 e. The van der Waals surface area contributed by atoms with E-state index in [1.807, 2.05) is 24.3 Å². The first-order valence-corrected chi connectivity index (χ1v) is 6.06. The van der Waals surface area contributed by atoms with Gasteiger partial charge in [-0.05, 0) is 60.7 Å². The van der Waals surface area contributed by atoms with Crippen LogP contribution < -0.4 is 11.1 Å². The van der Waals surface area contributed by atoms with Crippen molar-refractivity contribution in [1.82, 2.24) is 0 Å². The molecule has 3 rings (SSSR count). The van der Waals surface area contributed by atoms with Gasteiger partial charge in [-0.3, -0.25) is 0 Å². The lowest BCUT2D eigenvalue weighted by atomic mass is 10.1. The highest BCUT2D eigenvalue weighted by Gasteiger charge is 2.10. The van der Waals surface area contributed by atoms with Crippen molar-refractivity contribution in [3.63, 3.8) is 0 Å². The van der Waals surface area contributed by atoms with Gasteiger partial charge in [-0.15, -0.1) is 0 Å². The van der Waals surface area contributed by atoms with Crippen LogP contribution in [0.15, 0.2) is 42.5 Å². The Hall–Kier alpha value is -1.96. The zero-order valence-electron chi connectivity index (χ0n) is 9.74. The third-order valence-corrected chi connectivity index (χ3v) is 3.27. The van der Waals surface area contributed by atoms with Crippen molar-refractivity contribution >= 4 is 17.1 Å². The molecular weight excluding hydrogens is 208 g/mol. The fourth-order valence-electron chi connectivity index (χ4n) is 2.43. The molecule has 86 valence electrons. The van der Waals surface area contributed by atoms with Gasteiger partial charge in [0.05, 0.1) is 0 Å². The van der Waals surface area contributed by atoms with Crippen molar-refractivity contribution in [3.8, 4) is 0 Å². The number of aryl methyl sites for hydroxylation is 2. The number of fused-ring (bicyclic) bond motifs is 1. The van der Waals surface area contributed by atoms with E-state index in [0.29, 0.717) is 0 Å². The number of nitrogen functional groups attached to an aromatic ring is 1. The topological polar surface area (TPSA) is 38.0 Å². The van der Waals surface area contributed by atoms with E-state index in [1.165, 1.54) is 30.4 Å². The first-order valence-electron chi connectivity index (χ1n) is 6.06. The molecule has 2 aromatic carbocycles. The maximum absolute atomic E-state index is 5.76. The fourth-order valence-corrected chi connectivity index (χ4v) is 2.43. The molecule has 0 aromatic heterocycles. The summed E-state index contributed by atoms with van der Waals surface area (Å²) >= 11 is 0. The molecule has 0 heterocycles. The molecule has 0 saturated heterocycles. The normalized spacial score (nSPS) is 13.4. The molecule has 0 saturated carbocycles. The van der Waals surface area contributed by atoms with Crippen molar-refractivity contribution in [3.05, 3.63) is 53.6 Å². The third kappa shape index (κ3) is 2.11. The van der Waals surface area contributed by atoms with Gasteiger partial charge >= 0.3 is 0 Å². The molecular formula is C15H16N2. The van der Waals surface area contributed by atoms with E-state index in [2.05, 4.69) is 23.5 Å². The summed E-state index contributed by atoms with van der Waals surface area (Å²) in [5.74, 6) is 0. The summed E-state index contributed by atoms with van der Waals surface area (Å²) in [6.07, 6.45) is 3.73. The maximum atomic E-state index is 5.76. The molecule has 2 heteroatoms. The summed E-state index contributed by atoms with van der Waals surface area (Å²) in [5, 5.41) is 3.39. The Balaban J connectivity index is 1.86. The molecule has 0 bridgehead atoms. The summed E-state index contributed by atoms with van der Waals surface area (Å²) in [7, 11) is 0. The average Bonchev–Trinajstić information content (AvgIpc) is 2.76. The van der Waals surface area contributed by atoms with Gasteiger partial charge in [0.15, 0.2) is 0 Å². The van der Waals surface area contributed by atoms with Crippen LogP contribution in [-0.4, -0.2) is 0 Å². The Bertz CT molecular complexity index is 546. The summed E-state index contributed by atoms with van der Waals surface area (Å²) in [5.41, 5.74) is 11.7. The summed E-state index contributed by atoms with van der Waals surface area (Å²) in [6, 6.07) is 14.5. The van der Waals surface area contributed by atoms with Crippen molar-refractivity contribution in [1.29, 1.82) is 0 Å². The van der Waals surface area contributed by atoms with Gasteiger partial charge in [0.2, 0.25) is 0 Å². The van der Waals surface area contributed by atoms with Gasteiger partial charge in [0, 0.05) is 17.1 Å². The van der Waals surface area contributed by atoms with Gasteiger partial charge in [-0.2, -0.15) is 0 Å². The number of rotatable bonds is 2. The van der Waals surface area contributed by atoms with E-state index >= 15 is 0 Å². The average molecular weight is 224 g/mol. The fraction of sp³-hybridized carbons (Fsp3) is 0.200. The molecule has 0 amide bonds. The van der Waals surface area contributed by atoms with E-state index in [0.717, 1.165) is 17.1 Å². The SMILES string of the molecule is Nc1cccc(Nc2ccc3c(c2)CCC3)c1. The van der Waals surface area contributed by atoms with Gasteiger partial charge in [-0.1, -0.05) is 12.1 Å². The lowest BCUT2D eigenvalue weighted by Gasteiger charge is -2.09. The Labute approximate surface area is 101 Å². The largest absolute Gasteiger partial charge is 0.399 e. The predicted octanol–water partition coefficient (Wildman–Crippen LogP) is 3.50. The Morgan fingerprint density at radius 3 is 2.59 bits per heavy atom. The lowest BCUT2D eigenvalue weighted by Crippen LogP contribution is -1.93. The molecule has 3 N–H and O–H groups in total. The van der Waals surface area contributed by atoms with E-state index in [4.69, 9.17) is 5.73 Å². The number of benzene rings is 2. The molecule has 0 aliphatic heterocycles. The molecule has 1 aliphatic rings. The molecule has 17 heavy (non-hydrogen) atoms. The number of hydrogen-bond donors (Lipinski definition) is 2. The highest BCUT2D eigenvalue weighted by Crippen LogP contribution is 2.26. The quantitative estimate of drug-likeness (QED) is 0.766. The monoisotopic (exact) mass is 224 g/mol. The number of nitrogens with two attached hydrogens (primary N) is 1. The van der Waals surface area contributed by atoms with E-state index in [1.54, 1.807) is 0 Å². The second-order valence-electron chi connectivity index (χ2n) is 4.59. The van der Waals surface area contributed by atoms with Crippen LogP contribution in [0.2, 0.25) is 0 Å². The van der Waals surface area contributed by atoms with Gasteiger partial charge in [0.1, 0.15) is 0 Å². The molecule has 2 nitrogen and oxygen atoms in total. The van der Waals surface area contributed by atoms with Crippen molar-refractivity contribution in [2.45, 2.75) is 19.3 Å². The molecule has 0 atom stereocenters. The number of nitrogens with one attached hydrogen (secondary N) is 1. The van der Waals surface area contributed by atoms with Crippen LogP contribution in [-0.2, 0) is 12.8 Å². The lowest BCUT2D eigenvalue weighted by molar-refractivity contribution is 0.912. The van der Waals surface area contributed by atoms with Crippen LogP contribution in [0.25, 0.3) is 0 Å². The summed E-state index contributed by atoms with van der Waals surface area (Å²) in [6.45, 7) is 0. The standard InChI is InChI=1S/C15H16N2/c16-13-5-2-6-14(10-13)17-15-8-7-11-3-1-4-12(11)9-15/h2,5-10,17H,1,3-4,16H2. The minimum absolute atomic E-state index is 0.788. The van der Waals surface area contributed by atoms with E-state index < -0.39 is 0 Å². The molecule has 0 fully saturated rings. The first kappa shape index (κ1) is 10.2. The second kappa shape index (κ2) is 4.13. The smallest absolute Gasteiger partial charge is 0.0404 e. The van der Waals surface area contributed by atoms with E-state index in [-0.39, 0.29) is 0 Å². The maximum Gasteiger partial charge on any atom is 0.0404 e. The Morgan fingerprint density at radius 1 is 0.882 bits per heavy atom. The summed E-state index contributed by atoms with van der Waals surface area (Å²) in [4.78, 5) is 0. The Kier molecular flexibility index (Phi) is 2.48. The number of anilines is 3. The van der Waals surface area contributed by atoms with Crippen molar-refractivity contribution in [2.24, 2.45) is 0 Å².